The molecule has 1 fully saturated rings. The maximum absolute atomic E-state index is 12.4. The molecule has 2 rings (SSSR count). The molecule has 0 bridgehead atoms. The first-order valence-electron chi connectivity index (χ1n) is 5.99. The maximum atomic E-state index is 12.4. The number of aryl methyl sites for hydroxylation is 2. The van der Waals surface area contributed by atoms with E-state index in [9.17, 15) is 4.79 Å². The highest BCUT2D eigenvalue weighted by Gasteiger charge is 2.26. The van der Waals surface area contributed by atoms with Gasteiger partial charge in [-0.3, -0.25) is 9.48 Å². The first kappa shape index (κ1) is 12.6. The summed E-state index contributed by atoms with van der Waals surface area (Å²) in [7, 11) is 1.82. The standard InChI is InChI=1S/C12H18BrN3O/c1-8-5-4-6-16(7-8)12(17)11-10(13)9(2)14-15(11)3/h8H,4-7H2,1-3H3/t8-/m0/s1. The summed E-state index contributed by atoms with van der Waals surface area (Å²) in [4.78, 5) is 14.4. The molecule has 4 nitrogen and oxygen atoms in total. The molecule has 0 saturated carbocycles. The van der Waals surface area contributed by atoms with Gasteiger partial charge in [0.05, 0.1) is 10.2 Å². The second-order valence-electron chi connectivity index (χ2n) is 4.87. The van der Waals surface area contributed by atoms with Crippen molar-refractivity contribution in [3.63, 3.8) is 0 Å². The van der Waals surface area contributed by atoms with E-state index in [0.717, 1.165) is 29.7 Å². The predicted molar refractivity (Wildman–Crippen MR) is 69.9 cm³/mol. The largest absolute Gasteiger partial charge is 0.337 e. The van der Waals surface area contributed by atoms with Crippen molar-refractivity contribution in [1.82, 2.24) is 14.7 Å². The predicted octanol–water partition coefficient (Wildman–Crippen LogP) is 2.36. The summed E-state index contributed by atoms with van der Waals surface area (Å²) in [6, 6.07) is 0. The van der Waals surface area contributed by atoms with Crippen LogP contribution in [-0.4, -0.2) is 33.7 Å². The van der Waals surface area contributed by atoms with Gasteiger partial charge in [0, 0.05) is 20.1 Å². The molecule has 0 unspecified atom stereocenters. The lowest BCUT2D eigenvalue weighted by Crippen LogP contribution is -2.40. The van der Waals surface area contributed by atoms with E-state index >= 15 is 0 Å². The molecule has 0 radical (unpaired) electrons. The number of nitrogens with zero attached hydrogens (tertiary/aromatic N) is 3. The molecule has 1 aromatic heterocycles. The molecular formula is C12H18BrN3O. The van der Waals surface area contributed by atoms with E-state index in [1.165, 1.54) is 6.42 Å². The van der Waals surface area contributed by atoms with E-state index in [1.807, 2.05) is 18.9 Å². The van der Waals surface area contributed by atoms with Crippen LogP contribution in [0.25, 0.3) is 0 Å². The number of carbonyl (C=O) groups is 1. The van der Waals surface area contributed by atoms with Gasteiger partial charge in [-0.05, 0) is 41.6 Å². The fourth-order valence-electron chi connectivity index (χ4n) is 2.39. The first-order chi connectivity index (χ1) is 8.00. The van der Waals surface area contributed by atoms with Gasteiger partial charge in [-0.25, -0.2) is 0 Å². The van der Waals surface area contributed by atoms with E-state index in [1.54, 1.807) is 4.68 Å². The van der Waals surface area contributed by atoms with Crippen LogP contribution < -0.4 is 0 Å². The third-order valence-corrected chi connectivity index (χ3v) is 4.25. The molecule has 5 heteroatoms. The zero-order valence-corrected chi connectivity index (χ0v) is 12.1. The summed E-state index contributed by atoms with van der Waals surface area (Å²) >= 11 is 3.45. The lowest BCUT2D eigenvalue weighted by Gasteiger charge is -2.30. The van der Waals surface area contributed by atoms with Crippen molar-refractivity contribution < 1.29 is 4.79 Å². The van der Waals surface area contributed by atoms with Gasteiger partial charge in [0.25, 0.3) is 5.91 Å². The van der Waals surface area contributed by atoms with E-state index in [2.05, 4.69) is 28.0 Å². The summed E-state index contributed by atoms with van der Waals surface area (Å²) in [5.41, 5.74) is 1.53. The maximum Gasteiger partial charge on any atom is 0.273 e. The lowest BCUT2D eigenvalue weighted by atomic mass is 10.00. The number of rotatable bonds is 1. The Bertz CT molecular complexity index is 441. The minimum absolute atomic E-state index is 0.0894. The van der Waals surface area contributed by atoms with Gasteiger partial charge in [0.15, 0.2) is 0 Å². The van der Waals surface area contributed by atoms with Crippen molar-refractivity contribution in [2.45, 2.75) is 26.7 Å². The van der Waals surface area contributed by atoms with Crippen LogP contribution >= 0.6 is 15.9 Å². The number of carbonyl (C=O) groups excluding carboxylic acids is 1. The Kier molecular flexibility index (Phi) is 3.56. The van der Waals surface area contributed by atoms with Crippen molar-refractivity contribution >= 4 is 21.8 Å². The molecular weight excluding hydrogens is 282 g/mol. The van der Waals surface area contributed by atoms with Crippen molar-refractivity contribution in [2.75, 3.05) is 13.1 Å². The molecule has 0 aromatic carbocycles. The average Bonchev–Trinajstić information content (AvgIpc) is 2.52. The molecule has 0 N–H and O–H groups in total. The number of likely N-dealkylation sites (tertiary alicyclic amines) is 1. The molecule has 17 heavy (non-hydrogen) atoms. The molecule has 1 aromatic rings. The highest BCUT2D eigenvalue weighted by molar-refractivity contribution is 9.10. The summed E-state index contributed by atoms with van der Waals surface area (Å²) < 4.78 is 2.49. The SMILES string of the molecule is Cc1nn(C)c(C(=O)N2CCC[C@H](C)C2)c1Br. The normalized spacial score (nSPS) is 20.7. The Morgan fingerprint density at radius 3 is 2.76 bits per heavy atom. The molecule has 1 aliphatic rings. The number of piperidine rings is 1. The van der Waals surface area contributed by atoms with Gasteiger partial charge >= 0.3 is 0 Å². The fraction of sp³-hybridized carbons (Fsp3) is 0.667. The molecule has 1 saturated heterocycles. The van der Waals surface area contributed by atoms with Gasteiger partial charge in [-0.2, -0.15) is 5.10 Å². The third-order valence-electron chi connectivity index (χ3n) is 3.30. The van der Waals surface area contributed by atoms with Crippen LogP contribution in [0.1, 0.15) is 35.9 Å². The minimum atomic E-state index is 0.0894. The van der Waals surface area contributed by atoms with Crippen LogP contribution in [0.4, 0.5) is 0 Å². The first-order valence-corrected chi connectivity index (χ1v) is 6.78. The van der Waals surface area contributed by atoms with Crippen LogP contribution in [0.5, 0.6) is 0 Å². The zero-order chi connectivity index (χ0) is 12.6. The van der Waals surface area contributed by atoms with Gasteiger partial charge in [0.1, 0.15) is 5.69 Å². The smallest absolute Gasteiger partial charge is 0.273 e. The highest BCUT2D eigenvalue weighted by Crippen LogP contribution is 2.24. The molecule has 1 amide bonds. The Labute approximate surface area is 110 Å². The average molecular weight is 300 g/mol. The van der Waals surface area contributed by atoms with E-state index in [-0.39, 0.29) is 5.91 Å². The molecule has 2 heterocycles. The fourth-order valence-corrected chi connectivity index (χ4v) is 2.89. The third kappa shape index (κ3) is 2.39. The van der Waals surface area contributed by atoms with Crippen molar-refractivity contribution in [2.24, 2.45) is 13.0 Å². The molecule has 94 valence electrons. The highest BCUT2D eigenvalue weighted by atomic mass is 79.9. The lowest BCUT2D eigenvalue weighted by molar-refractivity contribution is 0.0671. The van der Waals surface area contributed by atoms with Gasteiger partial charge in [-0.15, -0.1) is 0 Å². The second-order valence-corrected chi connectivity index (χ2v) is 5.66. The van der Waals surface area contributed by atoms with Crippen LogP contribution in [0, 0.1) is 12.8 Å². The molecule has 1 aliphatic heterocycles. The summed E-state index contributed by atoms with van der Waals surface area (Å²) in [6.07, 6.45) is 2.32. The quantitative estimate of drug-likeness (QED) is 0.798. The van der Waals surface area contributed by atoms with E-state index < -0.39 is 0 Å². The van der Waals surface area contributed by atoms with Crippen LogP contribution in [0.2, 0.25) is 0 Å². The summed E-state index contributed by atoms with van der Waals surface area (Å²) in [6.45, 7) is 5.82. The number of hydrogen-bond donors (Lipinski definition) is 0. The van der Waals surface area contributed by atoms with Crippen LogP contribution in [0.3, 0.4) is 0 Å². The number of aromatic nitrogens is 2. The Hall–Kier alpha value is -0.840. The van der Waals surface area contributed by atoms with Gasteiger partial charge < -0.3 is 4.90 Å². The number of amides is 1. The van der Waals surface area contributed by atoms with Crippen molar-refractivity contribution in [3.05, 3.63) is 15.9 Å². The zero-order valence-electron chi connectivity index (χ0n) is 10.5. The monoisotopic (exact) mass is 299 g/mol. The molecule has 0 aliphatic carbocycles. The van der Waals surface area contributed by atoms with Crippen molar-refractivity contribution in [1.29, 1.82) is 0 Å². The molecule has 0 spiro atoms. The van der Waals surface area contributed by atoms with Crippen LogP contribution in [-0.2, 0) is 7.05 Å². The Morgan fingerprint density at radius 1 is 1.53 bits per heavy atom. The minimum Gasteiger partial charge on any atom is -0.337 e. The van der Waals surface area contributed by atoms with Gasteiger partial charge in [0.2, 0.25) is 0 Å². The second kappa shape index (κ2) is 4.80. The van der Waals surface area contributed by atoms with E-state index in [0.29, 0.717) is 11.6 Å². The number of halogens is 1. The topological polar surface area (TPSA) is 38.1 Å². The summed E-state index contributed by atoms with van der Waals surface area (Å²) in [5.74, 6) is 0.687. The van der Waals surface area contributed by atoms with Crippen molar-refractivity contribution in [3.8, 4) is 0 Å². The van der Waals surface area contributed by atoms with Crippen LogP contribution in [0.15, 0.2) is 4.47 Å². The number of hydrogen-bond acceptors (Lipinski definition) is 2. The summed E-state index contributed by atoms with van der Waals surface area (Å²) in [5, 5.41) is 4.27. The van der Waals surface area contributed by atoms with E-state index in [4.69, 9.17) is 0 Å². The Morgan fingerprint density at radius 2 is 2.24 bits per heavy atom. The van der Waals surface area contributed by atoms with Gasteiger partial charge in [-0.1, -0.05) is 6.92 Å². The molecule has 1 atom stereocenters. The Balaban J connectivity index is 2.24.